The van der Waals surface area contributed by atoms with Gasteiger partial charge in [0.05, 0.1) is 12.6 Å². The number of aliphatic hydroxyl groups is 1. The van der Waals surface area contributed by atoms with Crippen LogP contribution < -0.4 is 5.32 Å². The molecule has 0 heterocycles. The van der Waals surface area contributed by atoms with Crippen LogP contribution in [0.2, 0.25) is 0 Å². The van der Waals surface area contributed by atoms with Crippen LogP contribution in [0.5, 0.6) is 0 Å². The van der Waals surface area contributed by atoms with E-state index in [1.54, 1.807) is 0 Å². The first-order valence-electron chi connectivity index (χ1n) is 6.45. The van der Waals surface area contributed by atoms with E-state index in [9.17, 15) is 9.90 Å². The smallest absolute Gasteiger partial charge is 0.238 e. The second kappa shape index (κ2) is 6.50. The molecule has 0 atom stereocenters. The van der Waals surface area contributed by atoms with E-state index < -0.39 is 0 Å². The molecule has 1 fully saturated rings. The minimum atomic E-state index is -0.131. The van der Waals surface area contributed by atoms with Crippen molar-refractivity contribution in [2.24, 2.45) is 5.92 Å². The van der Waals surface area contributed by atoms with Crippen LogP contribution in [0.25, 0.3) is 0 Å². The standard InChI is InChI=1S/C14H19BrN2O2/c1-17(8-10-5-13(18)6-10)9-14(19)16-12-4-2-3-11(15)7-12/h2-4,7,10,13,18H,5-6,8-9H2,1H3,(H,16,19). The molecule has 0 bridgehead atoms. The summed E-state index contributed by atoms with van der Waals surface area (Å²) in [7, 11) is 1.94. The summed E-state index contributed by atoms with van der Waals surface area (Å²) >= 11 is 3.37. The van der Waals surface area contributed by atoms with Gasteiger partial charge in [0.15, 0.2) is 0 Å². The molecule has 1 amide bonds. The summed E-state index contributed by atoms with van der Waals surface area (Å²) in [6.07, 6.45) is 1.59. The Morgan fingerprint density at radius 1 is 1.53 bits per heavy atom. The van der Waals surface area contributed by atoms with Gasteiger partial charge in [-0.15, -0.1) is 0 Å². The number of benzene rings is 1. The monoisotopic (exact) mass is 326 g/mol. The molecule has 0 spiro atoms. The lowest BCUT2D eigenvalue weighted by Gasteiger charge is -2.34. The molecule has 0 aliphatic heterocycles. The number of likely N-dealkylation sites (N-methyl/N-ethyl adjacent to an activating group) is 1. The Balaban J connectivity index is 1.74. The third-order valence-corrected chi connectivity index (χ3v) is 3.80. The summed E-state index contributed by atoms with van der Waals surface area (Å²) in [6, 6.07) is 7.55. The maximum Gasteiger partial charge on any atom is 0.238 e. The number of carbonyl (C=O) groups excluding carboxylic acids is 1. The summed E-state index contributed by atoms with van der Waals surface area (Å²) < 4.78 is 0.946. The van der Waals surface area contributed by atoms with E-state index in [1.165, 1.54) is 0 Å². The van der Waals surface area contributed by atoms with Crippen LogP contribution >= 0.6 is 15.9 Å². The average molecular weight is 327 g/mol. The summed E-state index contributed by atoms with van der Waals surface area (Å²) in [5.74, 6) is 0.513. The van der Waals surface area contributed by atoms with Crippen LogP contribution in [-0.4, -0.2) is 42.2 Å². The first-order valence-corrected chi connectivity index (χ1v) is 7.24. The number of rotatable bonds is 5. The maximum atomic E-state index is 11.9. The lowest BCUT2D eigenvalue weighted by molar-refractivity contribution is -0.117. The van der Waals surface area contributed by atoms with E-state index in [2.05, 4.69) is 21.2 Å². The van der Waals surface area contributed by atoms with Crippen LogP contribution in [0.4, 0.5) is 5.69 Å². The Bertz CT molecular complexity index is 447. The van der Waals surface area contributed by atoms with Crippen LogP contribution in [0.1, 0.15) is 12.8 Å². The highest BCUT2D eigenvalue weighted by molar-refractivity contribution is 9.10. The van der Waals surface area contributed by atoms with Crippen molar-refractivity contribution in [2.45, 2.75) is 18.9 Å². The summed E-state index contributed by atoms with van der Waals surface area (Å²) in [5, 5.41) is 12.1. The van der Waals surface area contributed by atoms with Crippen LogP contribution in [-0.2, 0) is 4.79 Å². The van der Waals surface area contributed by atoms with Crippen molar-refractivity contribution in [3.8, 4) is 0 Å². The summed E-state index contributed by atoms with van der Waals surface area (Å²) in [6.45, 7) is 1.24. The van der Waals surface area contributed by atoms with Gasteiger partial charge < -0.3 is 10.4 Å². The molecule has 5 heteroatoms. The van der Waals surface area contributed by atoms with Gasteiger partial charge in [-0.3, -0.25) is 9.69 Å². The molecule has 1 aliphatic carbocycles. The average Bonchev–Trinajstić information content (AvgIpc) is 2.26. The predicted octanol–water partition coefficient (Wildman–Crippen LogP) is 2.09. The SMILES string of the molecule is CN(CC(=O)Nc1cccc(Br)c1)CC1CC(O)C1. The van der Waals surface area contributed by atoms with Crippen molar-refractivity contribution in [2.75, 3.05) is 25.5 Å². The first kappa shape index (κ1) is 14.5. The Hall–Kier alpha value is -0.910. The van der Waals surface area contributed by atoms with Crippen molar-refractivity contribution in [3.63, 3.8) is 0 Å². The minimum absolute atomic E-state index is 0.0135. The van der Waals surface area contributed by atoms with Gasteiger partial charge in [0.1, 0.15) is 0 Å². The highest BCUT2D eigenvalue weighted by atomic mass is 79.9. The Labute approximate surface area is 121 Å². The Morgan fingerprint density at radius 2 is 2.26 bits per heavy atom. The van der Waals surface area contributed by atoms with Crippen molar-refractivity contribution < 1.29 is 9.90 Å². The molecule has 1 aromatic carbocycles. The Kier molecular flexibility index (Phi) is 4.96. The van der Waals surface area contributed by atoms with Gasteiger partial charge in [-0.2, -0.15) is 0 Å². The van der Waals surface area contributed by atoms with E-state index in [1.807, 2.05) is 36.2 Å². The van der Waals surface area contributed by atoms with E-state index >= 15 is 0 Å². The molecule has 1 aliphatic rings. The number of halogens is 1. The molecule has 0 unspecified atom stereocenters. The van der Waals surface area contributed by atoms with Crippen LogP contribution in [0, 0.1) is 5.92 Å². The molecule has 19 heavy (non-hydrogen) atoms. The zero-order valence-electron chi connectivity index (χ0n) is 11.0. The quantitative estimate of drug-likeness (QED) is 0.871. The summed E-state index contributed by atoms with van der Waals surface area (Å²) in [5.41, 5.74) is 0.798. The second-order valence-corrected chi connectivity index (χ2v) is 6.16. The van der Waals surface area contributed by atoms with Gasteiger partial charge in [-0.1, -0.05) is 22.0 Å². The fraction of sp³-hybridized carbons (Fsp3) is 0.500. The number of hydrogen-bond acceptors (Lipinski definition) is 3. The first-order chi connectivity index (χ1) is 9.02. The highest BCUT2D eigenvalue weighted by Gasteiger charge is 2.28. The number of aliphatic hydroxyl groups excluding tert-OH is 1. The molecule has 1 aromatic rings. The molecule has 2 rings (SSSR count). The number of anilines is 1. The van der Waals surface area contributed by atoms with Crippen molar-refractivity contribution in [3.05, 3.63) is 28.7 Å². The number of amides is 1. The van der Waals surface area contributed by atoms with E-state index in [4.69, 9.17) is 0 Å². The number of nitrogens with one attached hydrogen (secondary N) is 1. The van der Waals surface area contributed by atoms with Gasteiger partial charge in [-0.25, -0.2) is 0 Å². The largest absolute Gasteiger partial charge is 0.393 e. The zero-order chi connectivity index (χ0) is 13.8. The van der Waals surface area contributed by atoms with E-state index in [-0.39, 0.29) is 12.0 Å². The molecule has 0 saturated heterocycles. The number of nitrogens with zero attached hydrogens (tertiary/aromatic N) is 1. The van der Waals surface area contributed by atoms with Crippen molar-refractivity contribution in [1.82, 2.24) is 4.90 Å². The number of carbonyl (C=O) groups is 1. The topological polar surface area (TPSA) is 52.6 Å². The van der Waals surface area contributed by atoms with E-state index in [0.29, 0.717) is 12.5 Å². The maximum absolute atomic E-state index is 11.9. The lowest BCUT2D eigenvalue weighted by atomic mass is 9.82. The van der Waals surface area contributed by atoms with Crippen LogP contribution in [0.3, 0.4) is 0 Å². The summed E-state index contributed by atoms with van der Waals surface area (Å²) in [4.78, 5) is 13.9. The molecule has 104 valence electrons. The van der Waals surface area contributed by atoms with Crippen molar-refractivity contribution in [1.29, 1.82) is 0 Å². The molecule has 1 saturated carbocycles. The van der Waals surface area contributed by atoms with Gasteiger partial charge >= 0.3 is 0 Å². The third-order valence-electron chi connectivity index (χ3n) is 3.30. The minimum Gasteiger partial charge on any atom is -0.393 e. The van der Waals surface area contributed by atoms with Gasteiger partial charge in [0.25, 0.3) is 0 Å². The van der Waals surface area contributed by atoms with Crippen LogP contribution in [0.15, 0.2) is 28.7 Å². The zero-order valence-corrected chi connectivity index (χ0v) is 12.6. The number of hydrogen-bond donors (Lipinski definition) is 2. The second-order valence-electron chi connectivity index (χ2n) is 5.25. The molecule has 4 nitrogen and oxygen atoms in total. The third kappa shape index (κ3) is 4.60. The normalized spacial score (nSPS) is 22.1. The highest BCUT2D eigenvalue weighted by Crippen LogP contribution is 2.27. The molecule has 0 aromatic heterocycles. The van der Waals surface area contributed by atoms with Gasteiger partial charge in [0, 0.05) is 16.7 Å². The lowest BCUT2D eigenvalue weighted by Crippen LogP contribution is -2.39. The molecular formula is C14H19BrN2O2. The van der Waals surface area contributed by atoms with Gasteiger partial charge in [-0.05, 0) is 44.0 Å². The van der Waals surface area contributed by atoms with E-state index in [0.717, 1.165) is 29.5 Å². The van der Waals surface area contributed by atoms with Gasteiger partial charge in [0.2, 0.25) is 5.91 Å². The molecule has 0 radical (unpaired) electrons. The molecular weight excluding hydrogens is 308 g/mol. The predicted molar refractivity (Wildman–Crippen MR) is 79.0 cm³/mol. The molecule has 2 N–H and O–H groups in total. The fourth-order valence-electron chi connectivity index (χ4n) is 2.37. The fourth-order valence-corrected chi connectivity index (χ4v) is 2.77. The van der Waals surface area contributed by atoms with Crippen molar-refractivity contribution >= 4 is 27.5 Å². The Morgan fingerprint density at radius 3 is 2.89 bits per heavy atom.